The summed E-state index contributed by atoms with van der Waals surface area (Å²) in [5.74, 6) is -2.21. The van der Waals surface area contributed by atoms with Crippen molar-refractivity contribution in [1.82, 2.24) is 0 Å². The number of carbonyl (C=O) groups excluding carboxylic acids is 2. The number of esters is 1. The highest BCUT2D eigenvalue weighted by atomic mass is 16.6. The summed E-state index contributed by atoms with van der Waals surface area (Å²) in [6.07, 6.45) is 3.75. The van der Waals surface area contributed by atoms with Crippen LogP contribution in [0.15, 0.2) is 12.2 Å². The molecular formula is C19H22O5. The molecule has 5 heteroatoms. The number of ether oxygens (including phenoxy) is 1. The fourth-order valence-electron chi connectivity index (χ4n) is 7.46. The van der Waals surface area contributed by atoms with Crippen molar-refractivity contribution >= 4 is 17.7 Å². The quantitative estimate of drug-likeness (QED) is 0.589. The zero-order valence-electron chi connectivity index (χ0n) is 13.8. The number of fused-ring (bicyclic) bond motifs is 1. The first-order valence-electron chi connectivity index (χ1n) is 8.93. The van der Waals surface area contributed by atoms with E-state index < -0.39 is 28.3 Å². The van der Waals surface area contributed by atoms with Crippen LogP contribution in [0.25, 0.3) is 0 Å². The van der Waals surface area contributed by atoms with E-state index in [4.69, 9.17) is 4.74 Å². The van der Waals surface area contributed by atoms with Crippen LogP contribution >= 0.6 is 0 Å². The minimum Gasteiger partial charge on any atom is -0.481 e. The molecule has 1 aliphatic heterocycles. The van der Waals surface area contributed by atoms with E-state index in [1.807, 2.05) is 6.92 Å². The lowest BCUT2D eigenvalue weighted by molar-refractivity contribution is -0.162. The van der Waals surface area contributed by atoms with Gasteiger partial charge in [0.2, 0.25) is 0 Å². The molecule has 0 aromatic rings. The number of aliphatic carboxylic acids is 1. The second kappa shape index (κ2) is 3.94. The molecule has 0 radical (unpaired) electrons. The smallest absolute Gasteiger partial charge is 0.312 e. The van der Waals surface area contributed by atoms with Gasteiger partial charge in [-0.05, 0) is 44.4 Å². The summed E-state index contributed by atoms with van der Waals surface area (Å²) in [5.41, 5.74) is -1.05. The molecule has 1 heterocycles. The van der Waals surface area contributed by atoms with Gasteiger partial charge < -0.3 is 9.84 Å². The van der Waals surface area contributed by atoms with Gasteiger partial charge >= 0.3 is 11.9 Å². The van der Waals surface area contributed by atoms with Crippen LogP contribution in [0.4, 0.5) is 0 Å². The topological polar surface area (TPSA) is 80.7 Å². The fourth-order valence-corrected chi connectivity index (χ4v) is 7.46. The Kier molecular flexibility index (Phi) is 2.41. The summed E-state index contributed by atoms with van der Waals surface area (Å²) in [5, 5.41) is 10.1. The largest absolute Gasteiger partial charge is 0.481 e. The number of Topliss-reactive ketones (excluding diaryl/α,β-unsaturated/α-hetero) is 1. The molecule has 7 unspecified atom stereocenters. The summed E-state index contributed by atoms with van der Waals surface area (Å²) >= 11 is 0. The molecule has 24 heavy (non-hydrogen) atoms. The van der Waals surface area contributed by atoms with E-state index in [1.54, 1.807) is 0 Å². The normalized spacial score (nSPS) is 54.5. The van der Waals surface area contributed by atoms with Crippen LogP contribution in [0.3, 0.4) is 0 Å². The van der Waals surface area contributed by atoms with Gasteiger partial charge in [0.15, 0.2) is 0 Å². The van der Waals surface area contributed by atoms with Crippen LogP contribution in [0.1, 0.15) is 45.4 Å². The first-order chi connectivity index (χ1) is 11.3. The standard InChI is InChI=1S/C19H22O5/c1-9-7-18-8-10(9)11(20)6-12(18)19-5-3-4-17(2,16(23)24-19)14(19)13(18)15(21)22/h10,12-14H,1,3-8H2,2H3,(H,21,22). The third-order valence-electron chi connectivity index (χ3n) is 8.16. The molecule has 5 rings (SSSR count). The van der Waals surface area contributed by atoms with Crippen molar-refractivity contribution in [1.29, 1.82) is 0 Å². The van der Waals surface area contributed by atoms with Crippen LogP contribution in [0.5, 0.6) is 0 Å². The maximum atomic E-state index is 12.7. The number of carboxylic acid groups (broad SMARTS) is 1. The summed E-state index contributed by atoms with van der Waals surface area (Å²) in [7, 11) is 0. The van der Waals surface area contributed by atoms with E-state index in [-0.39, 0.29) is 29.5 Å². The Labute approximate surface area is 140 Å². The highest BCUT2D eigenvalue weighted by Crippen LogP contribution is 2.77. The minimum absolute atomic E-state index is 0.160. The third kappa shape index (κ3) is 1.27. The van der Waals surface area contributed by atoms with E-state index in [1.165, 1.54) is 0 Å². The van der Waals surface area contributed by atoms with Crippen LogP contribution in [-0.4, -0.2) is 28.4 Å². The van der Waals surface area contributed by atoms with Gasteiger partial charge in [-0.2, -0.15) is 0 Å². The van der Waals surface area contributed by atoms with Crippen LogP contribution in [0, 0.1) is 34.5 Å². The van der Waals surface area contributed by atoms with Gasteiger partial charge in [-0.1, -0.05) is 12.2 Å². The SMILES string of the molecule is C=C1CC23CC1C(=O)CC2C12CCCC(C)(C(=O)O1)C2C3C(=O)O. The average molecular weight is 330 g/mol. The Hall–Kier alpha value is -1.65. The first-order valence-corrected chi connectivity index (χ1v) is 8.93. The number of allylic oxidation sites excluding steroid dienone is 1. The van der Waals surface area contributed by atoms with Gasteiger partial charge in [-0.25, -0.2) is 0 Å². The molecule has 1 saturated heterocycles. The molecule has 128 valence electrons. The lowest BCUT2D eigenvalue weighted by Crippen LogP contribution is -2.47. The highest BCUT2D eigenvalue weighted by Gasteiger charge is 2.82. The monoisotopic (exact) mass is 330 g/mol. The Morgan fingerprint density at radius 1 is 1.33 bits per heavy atom. The lowest BCUT2D eigenvalue weighted by atomic mass is 9.60. The zero-order chi connectivity index (χ0) is 17.1. The molecule has 0 amide bonds. The van der Waals surface area contributed by atoms with Crippen molar-refractivity contribution < 1.29 is 24.2 Å². The van der Waals surface area contributed by atoms with Crippen LogP contribution in [0.2, 0.25) is 0 Å². The number of carbonyl (C=O) groups is 3. The third-order valence-corrected chi connectivity index (χ3v) is 8.16. The molecule has 0 aromatic carbocycles. The predicted molar refractivity (Wildman–Crippen MR) is 82.8 cm³/mol. The second-order valence-corrected chi connectivity index (χ2v) is 8.96. The van der Waals surface area contributed by atoms with E-state index in [0.717, 1.165) is 12.0 Å². The lowest BCUT2D eigenvalue weighted by Gasteiger charge is -2.43. The summed E-state index contributed by atoms with van der Waals surface area (Å²) in [6, 6.07) is 0. The molecule has 5 fully saturated rings. The maximum Gasteiger partial charge on any atom is 0.312 e. The average Bonchev–Trinajstić information content (AvgIpc) is 2.96. The molecule has 1 N–H and O–H groups in total. The van der Waals surface area contributed by atoms with Gasteiger partial charge in [0.1, 0.15) is 11.4 Å². The van der Waals surface area contributed by atoms with Crippen molar-refractivity contribution in [3.05, 3.63) is 12.2 Å². The molecule has 4 saturated carbocycles. The molecular weight excluding hydrogens is 308 g/mol. The molecule has 7 atom stereocenters. The Bertz CT molecular complexity index is 725. The number of rotatable bonds is 1. The summed E-state index contributed by atoms with van der Waals surface area (Å²) in [6.45, 7) is 5.97. The van der Waals surface area contributed by atoms with E-state index in [0.29, 0.717) is 32.1 Å². The van der Waals surface area contributed by atoms with Gasteiger partial charge in [-0.15, -0.1) is 0 Å². The molecule has 5 nitrogen and oxygen atoms in total. The van der Waals surface area contributed by atoms with Gasteiger partial charge in [0.25, 0.3) is 0 Å². The number of ketones is 1. The number of hydrogen-bond donors (Lipinski definition) is 1. The highest BCUT2D eigenvalue weighted by molar-refractivity contribution is 5.90. The minimum atomic E-state index is -0.832. The summed E-state index contributed by atoms with van der Waals surface area (Å²) < 4.78 is 5.99. The molecule has 0 aromatic heterocycles. The summed E-state index contributed by atoms with van der Waals surface area (Å²) in [4.78, 5) is 37.7. The van der Waals surface area contributed by atoms with Gasteiger partial charge in [0, 0.05) is 24.2 Å². The first kappa shape index (κ1) is 14.7. The van der Waals surface area contributed by atoms with Gasteiger partial charge in [-0.3, -0.25) is 14.4 Å². The fraction of sp³-hybridized carbons (Fsp3) is 0.737. The van der Waals surface area contributed by atoms with E-state index >= 15 is 0 Å². The van der Waals surface area contributed by atoms with Crippen molar-refractivity contribution in [3.8, 4) is 0 Å². The molecule has 5 aliphatic rings. The van der Waals surface area contributed by atoms with Crippen LogP contribution < -0.4 is 0 Å². The van der Waals surface area contributed by atoms with Crippen LogP contribution in [-0.2, 0) is 19.1 Å². The zero-order valence-corrected chi connectivity index (χ0v) is 13.8. The van der Waals surface area contributed by atoms with Gasteiger partial charge in [0.05, 0.1) is 11.3 Å². The van der Waals surface area contributed by atoms with Crippen molar-refractivity contribution in [2.75, 3.05) is 0 Å². The Morgan fingerprint density at radius 3 is 2.79 bits per heavy atom. The molecule has 4 aliphatic carbocycles. The van der Waals surface area contributed by atoms with E-state index in [2.05, 4.69) is 6.58 Å². The predicted octanol–water partition coefficient (Wildman–Crippen LogP) is 2.34. The van der Waals surface area contributed by atoms with Crippen molar-refractivity contribution in [2.45, 2.75) is 51.0 Å². The van der Waals surface area contributed by atoms with Crippen molar-refractivity contribution in [3.63, 3.8) is 0 Å². The second-order valence-electron chi connectivity index (χ2n) is 8.96. The Morgan fingerprint density at radius 2 is 2.08 bits per heavy atom. The van der Waals surface area contributed by atoms with E-state index in [9.17, 15) is 19.5 Å². The number of hydrogen-bond acceptors (Lipinski definition) is 4. The maximum absolute atomic E-state index is 12.7. The van der Waals surface area contributed by atoms with Crippen molar-refractivity contribution in [2.24, 2.45) is 34.5 Å². The molecule has 1 spiro atoms. The number of carboxylic acids is 1. The molecule has 4 bridgehead atoms. The Balaban J connectivity index is 1.77.